The van der Waals surface area contributed by atoms with Gasteiger partial charge < -0.3 is 14.7 Å². The highest BCUT2D eigenvalue weighted by atomic mass is 16.5. The van der Waals surface area contributed by atoms with Gasteiger partial charge >= 0.3 is 0 Å². The van der Waals surface area contributed by atoms with Crippen molar-refractivity contribution in [1.82, 2.24) is 4.90 Å². The minimum Gasteiger partial charge on any atom is -0.507 e. The average Bonchev–Trinajstić information content (AvgIpc) is 3.02. The average molecular weight is 408 g/mol. The number of amides is 1. The predicted molar refractivity (Wildman–Crippen MR) is 117 cm³/mol. The number of nitrogens with zero attached hydrogens (tertiary/aromatic N) is 1. The number of aryl methyl sites for hydroxylation is 1. The van der Waals surface area contributed by atoms with Crippen LogP contribution in [0.2, 0.25) is 0 Å². The number of carbonyl (C=O) groups excluding carboxylic acids is 2. The molecule has 1 saturated heterocycles. The van der Waals surface area contributed by atoms with Crippen LogP contribution in [0.25, 0.3) is 5.76 Å². The third kappa shape index (κ3) is 4.17. The Bertz CT molecular complexity index is 942. The summed E-state index contributed by atoms with van der Waals surface area (Å²) in [5.41, 5.74) is 3.75. The maximum Gasteiger partial charge on any atom is 0.295 e. The summed E-state index contributed by atoms with van der Waals surface area (Å²) >= 11 is 0. The molecular weight excluding hydrogens is 378 g/mol. The summed E-state index contributed by atoms with van der Waals surface area (Å²) in [5.74, 6) is -1.05. The lowest BCUT2D eigenvalue weighted by molar-refractivity contribution is -0.140. The fourth-order valence-electron chi connectivity index (χ4n) is 3.76. The van der Waals surface area contributed by atoms with E-state index in [0.717, 1.165) is 17.5 Å². The molecule has 1 N–H and O–H groups in total. The van der Waals surface area contributed by atoms with Crippen LogP contribution in [0.5, 0.6) is 0 Å². The van der Waals surface area contributed by atoms with E-state index in [4.69, 9.17) is 4.74 Å². The second-order valence-corrected chi connectivity index (χ2v) is 7.86. The van der Waals surface area contributed by atoms with Gasteiger partial charge in [0.15, 0.2) is 0 Å². The third-order valence-corrected chi connectivity index (χ3v) is 5.63. The van der Waals surface area contributed by atoms with E-state index in [1.807, 2.05) is 36.4 Å². The molecule has 1 amide bonds. The van der Waals surface area contributed by atoms with Crippen molar-refractivity contribution in [2.45, 2.75) is 39.2 Å². The number of rotatable bonds is 7. The molecular formula is C25H29NO4. The van der Waals surface area contributed by atoms with Crippen LogP contribution in [-0.4, -0.2) is 42.0 Å². The zero-order chi connectivity index (χ0) is 21.8. The summed E-state index contributed by atoms with van der Waals surface area (Å²) in [4.78, 5) is 27.2. The third-order valence-electron chi connectivity index (χ3n) is 5.63. The van der Waals surface area contributed by atoms with Gasteiger partial charge in [-0.3, -0.25) is 9.59 Å². The van der Waals surface area contributed by atoms with E-state index in [9.17, 15) is 14.7 Å². The van der Waals surface area contributed by atoms with Crippen molar-refractivity contribution in [3.8, 4) is 0 Å². The van der Waals surface area contributed by atoms with Gasteiger partial charge in [0.1, 0.15) is 5.76 Å². The standard InChI is InChI=1S/C25H29NO4/c1-5-17-6-8-20(9-7-17)23(27)21-22(19-12-10-18(11-13-19)16(2)3)26(14-15-30-4)25(29)24(21)28/h6-13,16,22,27H,5,14-15H2,1-4H3/b23-21-. The molecule has 1 unspecified atom stereocenters. The topological polar surface area (TPSA) is 66.8 Å². The van der Waals surface area contributed by atoms with Crippen LogP contribution in [0.1, 0.15) is 55.0 Å². The van der Waals surface area contributed by atoms with E-state index >= 15 is 0 Å². The van der Waals surface area contributed by atoms with E-state index in [-0.39, 0.29) is 17.9 Å². The molecule has 3 rings (SSSR count). The van der Waals surface area contributed by atoms with Gasteiger partial charge in [-0.25, -0.2) is 0 Å². The van der Waals surface area contributed by atoms with Crippen molar-refractivity contribution in [2.24, 2.45) is 0 Å². The van der Waals surface area contributed by atoms with E-state index in [2.05, 4.69) is 20.8 Å². The largest absolute Gasteiger partial charge is 0.507 e. The smallest absolute Gasteiger partial charge is 0.295 e. The lowest BCUT2D eigenvalue weighted by atomic mass is 9.93. The van der Waals surface area contributed by atoms with Crippen molar-refractivity contribution >= 4 is 17.4 Å². The first kappa shape index (κ1) is 21.8. The van der Waals surface area contributed by atoms with Crippen LogP contribution in [0.3, 0.4) is 0 Å². The second-order valence-electron chi connectivity index (χ2n) is 7.86. The zero-order valence-corrected chi connectivity index (χ0v) is 18.0. The minimum atomic E-state index is -0.666. The van der Waals surface area contributed by atoms with E-state index in [0.29, 0.717) is 18.1 Å². The molecule has 158 valence electrons. The molecule has 2 aromatic carbocycles. The van der Waals surface area contributed by atoms with Crippen LogP contribution in [-0.2, 0) is 20.7 Å². The highest BCUT2D eigenvalue weighted by Crippen LogP contribution is 2.39. The van der Waals surface area contributed by atoms with Gasteiger partial charge in [-0.1, -0.05) is 69.3 Å². The van der Waals surface area contributed by atoms with Gasteiger partial charge in [0, 0.05) is 19.2 Å². The van der Waals surface area contributed by atoms with Crippen molar-refractivity contribution in [3.05, 3.63) is 76.4 Å². The van der Waals surface area contributed by atoms with Crippen LogP contribution >= 0.6 is 0 Å². The number of benzene rings is 2. The van der Waals surface area contributed by atoms with Crippen molar-refractivity contribution in [2.75, 3.05) is 20.3 Å². The molecule has 0 aliphatic carbocycles. The molecule has 1 aliphatic heterocycles. The number of ether oxygens (including phenoxy) is 1. The molecule has 0 bridgehead atoms. The monoisotopic (exact) mass is 407 g/mol. The SMILES string of the molecule is CCc1ccc(/C(O)=C2/C(=O)C(=O)N(CCOC)C2c2ccc(C(C)C)cc2)cc1. The summed E-state index contributed by atoms with van der Waals surface area (Å²) in [6.07, 6.45) is 0.880. The van der Waals surface area contributed by atoms with Gasteiger partial charge in [0.2, 0.25) is 0 Å². The van der Waals surface area contributed by atoms with E-state index < -0.39 is 17.7 Å². The van der Waals surface area contributed by atoms with E-state index in [1.54, 1.807) is 19.2 Å². The molecule has 1 fully saturated rings. The Morgan fingerprint density at radius 3 is 2.23 bits per heavy atom. The molecule has 30 heavy (non-hydrogen) atoms. The summed E-state index contributed by atoms with van der Waals surface area (Å²) in [6, 6.07) is 14.6. The molecule has 0 radical (unpaired) electrons. The fourth-order valence-corrected chi connectivity index (χ4v) is 3.76. The van der Waals surface area contributed by atoms with Crippen LogP contribution < -0.4 is 0 Å². The summed E-state index contributed by atoms with van der Waals surface area (Å²) < 4.78 is 5.14. The Hall–Kier alpha value is -2.92. The van der Waals surface area contributed by atoms with Crippen LogP contribution in [0, 0.1) is 0 Å². The molecule has 0 saturated carbocycles. The molecule has 1 aliphatic rings. The molecule has 1 heterocycles. The number of methoxy groups -OCH3 is 1. The number of hydrogen-bond acceptors (Lipinski definition) is 4. The number of Topliss-reactive ketones (excluding diaryl/α,β-unsaturated/α-hetero) is 1. The maximum atomic E-state index is 12.9. The number of carbonyl (C=O) groups is 2. The Kier molecular flexibility index (Phi) is 6.73. The fraction of sp³-hybridized carbons (Fsp3) is 0.360. The Labute approximate surface area is 178 Å². The number of hydrogen-bond donors (Lipinski definition) is 1. The molecule has 5 heteroatoms. The van der Waals surface area contributed by atoms with E-state index in [1.165, 1.54) is 10.5 Å². The van der Waals surface area contributed by atoms with Crippen molar-refractivity contribution in [3.63, 3.8) is 0 Å². The predicted octanol–water partition coefficient (Wildman–Crippen LogP) is 4.44. The summed E-state index contributed by atoms with van der Waals surface area (Å²) in [7, 11) is 1.55. The minimum absolute atomic E-state index is 0.123. The van der Waals surface area contributed by atoms with Crippen molar-refractivity contribution < 1.29 is 19.4 Å². The van der Waals surface area contributed by atoms with Crippen LogP contribution in [0.15, 0.2) is 54.1 Å². The zero-order valence-electron chi connectivity index (χ0n) is 18.0. The number of aliphatic hydroxyl groups is 1. The number of likely N-dealkylation sites (tertiary alicyclic amines) is 1. The lowest BCUT2D eigenvalue weighted by Gasteiger charge is -2.25. The number of ketones is 1. The second kappa shape index (κ2) is 9.26. The Balaban J connectivity index is 2.11. The van der Waals surface area contributed by atoms with Gasteiger partial charge in [-0.2, -0.15) is 0 Å². The molecule has 0 spiro atoms. The summed E-state index contributed by atoms with van der Waals surface area (Å²) in [6.45, 7) is 6.85. The maximum absolute atomic E-state index is 12.9. The molecule has 1 atom stereocenters. The first-order chi connectivity index (χ1) is 14.4. The highest BCUT2D eigenvalue weighted by molar-refractivity contribution is 6.46. The quantitative estimate of drug-likeness (QED) is 0.419. The van der Waals surface area contributed by atoms with Crippen LogP contribution in [0.4, 0.5) is 0 Å². The van der Waals surface area contributed by atoms with Gasteiger partial charge in [0.05, 0.1) is 18.2 Å². The normalized spacial score (nSPS) is 18.4. The lowest BCUT2D eigenvalue weighted by Crippen LogP contribution is -2.32. The van der Waals surface area contributed by atoms with Gasteiger partial charge in [0.25, 0.3) is 11.7 Å². The highest BCUT2D eigenvalue weighted by Gasteiger charge is 2.45. The molecule has 5 nitrogen and oxygen atoms in total. The first-order valence-electron chi connectivity index (χ1n) is 10.4. The molecule has 2 aromatic rings. The van der Waals surface area contributed by atoms with Gasteiger partial charge in [-0.15, -0.1) is 0 Å². The Morgan fingerprint density at radius 2 is 1.70 bits per heavy atom. The Morgan fingerprint density at radius 1 is 1.07 bits per heavy atom. The number of aliphatic hydroxyl groups excluding tert-OH is 1. The first-order valence-corrected chi connectivity index (χ1v) is 10.4. The van der Waals surface area contributed by atoms with Crippen molar-refractivity contribution in [1.29, 1.82) is 0 Å². The van der Waals surface area contributed by atoms with Gasteiger partial charge in [-0.05, 0) is 29.0 Å². The summed E-state index contributed by atoms with van der Waals surface area (Å²) in [5, 5.41) is 11.0. The molecule has 0 aromatic heterocycles.